The van der Waals surface area contributed by atoms with E-state index in [9.17, 15) is 0 Å². The third-order valence-electron chi connectivity index (χ3n) is 2.03. The number of methoxy groups -OCH3 is 1. The fraction of sp³-hybridized carbons (Fsp3) is 0.545. The minimum atomic E-state index is -0.156. The molecule has 0 saturated carbocycles. The highest BCUT2D eigenvalue weighted by molar-refractivity contribution is 5.07. The van der Waals surface area contributed by atoms with Crippen LogP contribution < -0.4 is 5.73 Å². The molecule has 1 heterocycles. The van der Waals surface area contributed by atoms with Gasteiger partial charge in [-0.2, -0.15) is 0 Å². The number of rotatable bonds is 6. The summed E-state index contributed by atoms with van der Waals surface area (Å²) in [5.74, 6) is 0. The molecule has 4 heteroatoms. The van der Waals surface area contributed by atoms with Gasteiger partial charge in [-0.15, -0.1) is 0 Å². The summed E-state index contributed by atoms with van der Waals surface area (Å²) >= 11 is 0. The Morgan fingerprint density at radius 3 is 2.80 bits per heavy atom. The highest BCUT2D eigenvalue weighted by Gasteiger charge is 2.14. The fourth-order valence-corrected chi connectivity index (χ4v) is 1.37. The van der Waals surface area contributed by atoms with Gasteiger partial charge in [-0.1, -0.05) is 6.07 Å². The normalized spacial score (nSPS) is 14.9. The van der Waals surface area contributed by atoms with Crippen molar-refractivity contribution in [1.29, 1.82) is 0 Å². The topological polar surface area (TPSA) is 57.4 Å². The summed E-state index contributed by atoms with van der Waals surface area (Å²) in [5, 5.41) is 0. The van der Waals surface area contributed by atoms with Crippen molar-refractivity contribution in [2.45, 2.75) is 19.1 Å². The van der Waals surface area contributed by atoms with Crippen molar-refractivity contribution in [1.82, 2.24) is 4.98 Å². The zero-order chi connectivity index (χ0) is 11.1. The molecule has 0 saturated heterocycles. The molecule has 1 aromatic rings. The molecule has 0 aliphatic heterocycles. The van der Waals surface area contributed by atoms with E-state index in [0.29, 0.717) is 13.2 Å². The number of nitrogens with zero attached hydrogens (tertiary/aromatic N) is 1. The van der Waals surface area contributed by atoms with Gasteiger partial charge in [0.25, 0.3) is 0 Å². The van der Waals surface area contributed by atoms with E-state index in [4.69, 9.17) is 15.2 Å². The van der Waals surface area contributed by atoms with Crippen molar-refractivity contribution in [2.24, 2.45) is 5.73 Å². The Kier molecular flexibility index (Phi) is 5.25. The van der Waals surface area contributed by atoms with Crippen LogP contribution in [-0.4, -0.2) is 31.3 Å². The zero-order valence-corrected chi connectivity index (χ0v) is 9.22. The number of pyridine rings is 1. The van der Waals surface area contributed by atoms with E-state index >= 15 is 0 Å². The summed E-state index contributed by atoms with van der Waals surface area (Å²) in [6.45, 7) is 2.93. The molecule has 4 nitrogen and oxygen atoms in total. The van der Waals surface area contributed by atoms with Gasteiger partial charge in [-0.3, -0.25) is 4.98 Å². The number of aromatic nitrogens is 1. The lowest BCUT2D eigenvalue weighted by molar-refractivity contribution is -0.0378. The standard InChI is InChI=1S/C11H18N2O2/c1-9(8-14-2)15-11(7-12)10-5-3-4-6-13-10/h3-6,9,11H,7-8,12H2,1-2H3. The first-order valence-electron chi connectivity index (χ1n) is 5.03. The average molecular weight is 210 g/mol. The molecular weight excluding hydrogens is 192 g/mol. The van der Waals surface area contributed by atoms with E-state index in [-0.39, 0.29) is 12.2 Å². The van der Waals surface area contributed by atoms with Gasteiger partial charge >= 0.3 is 0 Å². The molecule has 0 aliphatic rings. The lowest BCUT2D eigenvalue weighted by Gasteiger charge is -2.20. The van der Waals surface area contributed by atoms with Gasteiger partial charge in [-0.25, -0.2) is 0 Å². The summed E-state index contributed by atoms with van der Waals surface area (Å²) < 4.78 is 10.7. The Morgan fingerprint density at radius 1 is 1.47 bits per heavy atom. The van der Waals surface area contributed by atoms with Crippen LogP contribution in [0.3, 0.4) is 0 Å². The van der Waals surface area contributed by atoms with Crippen LogP contribution in [0.25, 0.3) is 0 Å². The minimum absolute atomic E-state index is 0.0190. The second-order valence-corrected chi connectivity index (χ2v) is 3.38. The third-order valence-corrected chi connectivity index (χ3v) is 2.03. The largest absolute Gasteiger partial charge is 0.382 e. The summed E-state index contributed by atoms with van der Waals surface area (Å²) in [4.78, 5) is 4.22. The molecule has 0 amide bonds. The van der Waals surface area contributed by atoms with E-state index in [0.717, 1.165) is 5.69 Å². The van der Waals surface area contributed by atoms with Gasteiger partial charge in [0.15, 0.2) is 0 Å². The lowest BCUT2D eigenvalue weighted by atomic mass is 10.2. The van der Waals surface area contributed by atoms with Crippen LogP contribution in [-0.2, 0) is 9.47 Å². The van der Waals surface area contributed by atoms with Crippen LogP contribution in [0.5, 0.6) is 0 Å². The zero-order valence-electron chi connectivity index (χ0n) is 9.22. The molecule has 1 rings (SSSR count). The van der Waals surface area contributed by atoms with Crippen molar-refractivity contribution in [2.75, 3.05) is 20.3 Å². The van der Waals surface area contributed by atoms with Crippen LogP contribution in [0.4, 0.5) is 0 Å². The molecular formula is C11H18N2O2. The van der Waals surface area contributed by atoms with Crippen LogP contribution in [0.15, 0.2) is 24.4 Å². The lowest BCUT2D eigenvalue weighted by Crippen LogP contribution is -2.24. The molecule has 0 spiro atoms. The molecule has 1 aromatic heterocycles. The maximum Gasteiger partial charge on any atom is 0.112 e. The maximum atomic E-state index is 5.71. The summed E-state index contributed by atoms with van der Waals surface area (Å²) in [7, 11) is 1.65. The molecule has 0 aromatic carbocycles. The van der Waals surface area contributed by atoms with Crippen LogP contribution in [0.2, 0.25) is 0 Å². The first-order chi connectivity index (χ1) is 7.27. The van der Waals surface area contributed by atoms with E-state index in [1.165, 1.54) is 0 Å². The predicted octanol–water partition coefficient (Wildman–Crippen LogP) is 1.13. The second kappa shape index (κ2) is 6.50. The van der Waals surface area contributed by atoms with Crippen LogP contribution >= 0.6 is 0 Å². The molecule has 84 valence electrons. The second-order valence-electron chi connectivity index (χ2n) is 3.38. The number of hydrogen-bond donors (Lipinski definition) is 1. The Labute approximate surface area is 90.4 Å². The van der Waals surface area contributed by atoms with E-state index in [1.807, 2.05) is 25.1 Å². The van der Waals surface area contributed by atoms with Gasteiger partial charge in [0.2, 0.25) is 0 Å². The van der Waals surface area contributed by atoms with Crippen molar-refractivity contribution in [3.8, 4) is 0 Å². The number of ether oxygens (including phenoxy) is 2. The number of nitrogens with two attached hydrogens (primary N) is 1. The van der Waals surface area contributed by atoms with Crippen molar-refractivity contribution in [3.05, 3.63) is 30.1 Å². The molecule has 2 N–H and O–H groups in total. The highest BCUT2D eigenvalue weighted by atomic mass is 16.5. The third kappa shape index (κ3) is 3.95. The summed E-state index contributed by atoms with van der Waals surface area (Å²) in [6.07, 6.45) is 1.60. The molecule has 0 fully saturated rings. The fourth-order valence-electron chi connectivity index (χ4n) is 1.37. The Balaban J connectivity index is 2.56. The molecule has 0 bridgehead atoms. The monoisotopic (exact) mass is 210 g/mol. The predicted molar refractivity (Wildman–Crippen MR) is 58.5 cm³/mol. The molecule has 15 heavy (non-hydrogen) atoms. The quantitative estimate of drug-likeness (QED) is 0.764. The smallest absolute Gasteiger partial charge is 0.112 e. The summed E-state index contributed by atoms with van der Waals surface area (Å²) in [5.41, 5.74) is 6.51. The molecule has 0 aliphatic carbocycles. The van der Waals surface area contributed by atoms with Crippen molar-refractivity contribution < 1.29 is 9.47 Å². The molecule has 0 radical (unpaired) electrons. The van der Waals surface area contributed by atoms with E-state index < -0.39 is 0 Å². The molecule has 2 atom stereocenters. The van der Waals surface area contributed by atoms with E-state index in [2.05, 4.69) is 4.98 Å². The first-order valence-corrected chi connectivity index (χ1v) is 5.03. The average Bonchev–Trinajstić information content (AvgIpc) is 2.27. The Morgan fingerprint density at radius 2 is 2.27 bits per heavy atom. The van der Waals surface area contributed by atoms with Gasteiger partial charge < -0.3 is 15.2 Å². The Bertz CT molecular complexity index is 267. The van der Waals surface area contributed by atoms with Gasteiger partial charge in [0.05, 0.1) is 18.4 Å². The maximum absolute atomic E-state index is 5.71. The van der Waals surface area contributed by atoms with E-state index in [1.54, 1.807) is 13.3 Å². The van der Waals surface area contributed by atoms with Gasteiger partial charge in [0, 0.05) is 19.9 Å². The van der Waals surface area contributed by atoms with Crippen molar-refractivity contribution in [3.63, 3.8) is 0 Å². The van der Waals surface area contributed by atoms with Gasteiger partial charge in [-0.05, 0) is 19.1 Å². The first kappa shape index (κ1) is 12.1. The minimum Gasteiger partial charge on any atom is -0.382 e. The van der Waals surface area contributed by atoms with Gasteiger partial charge in [0.1, 0.15) is 6.10 Å². The van der Waals surface area contributed by atoms with Crippen LogP contribution in [0, 0.1) is 0 Å². The summed E-state index contributed by atoms with van der Waals surface area (Å²) in [6, 6.07) is 5.71. The van der Waals surface area contributed by atoms with Crippen molar-refractivity contribution >= 4 is 0 Å². The SMILES string of the molecule is COCC(C)OC(CN)c1ccccn1. The number of hydrogen-bond acceptors (Lipinski definition) is 4. The molecule has 2 unspecified atom stereocenters. The Hall–Kier alpha value is -0.970. The van der Waals surface area contributed by atoms with Crippen LogP contribution in [0.1, 0.15) is 18.7 Å². The highest BCUT2D eigenvalue weighted by Crippen LogP contribution is 2.15.